The smallest absolute Gasteiger partial charge is 0.270 e. The molecule has 0 saturated carbocycles. The molecule has 2 saturated heterocycles. The van der Waals surface area contributed by atoms with Crippen LogP contribution >= 0.6 is 0 Å². The second-order valence-electron chi connectivity index (χ2n) is 6.30. The van der Waals surface area contributed by atoms with E-state index < -0.39 is 0 Å². The number of piperidine rings is 1. The van der Waals surface area contributed by atoms with Gasteiger partial charge >= 0.3 is 0 Å². The van der Waals surface area contributed by atoms with Gasteiger partial charge in [0.1, 0.15) is 11.3 Å². The normalized spacial score (nSPS) is 26.2. The number of nitrogens with one attached hydrogen (secondary N) is 2. The number of carbonyl (C=O) groups is 2. The Kier molecular flexibility index (Phi) is 3.49. The van der Waals surface area contributed by atoms with Crippen LogP contribution in [0, 0.1) is 5.92 Å². The standard InChI is InChI=1S/C16H18N4O3/c21-9-18-15-4-11-6-17-13(5-14(11)23-15)16(22)19-12-3-10-1-2-20(7-10)8-12/h4-6,9-10,12H,1-3,7-8H2,(H,18,21)(H,19,22)/t10-,12-/m1/s1. The summed E-state index contributed by atoms with van der Waals surface area (Å²) in [5, 5.41) is 6.27. The highest BCUT2D eigenvalue weighted by Gasteiger charge is 2.33. The van der Waals surface area contributed by atoms with Gasteiger partial charge in [0.15, 0.2) is 0 Å². The summed E-state index contributed by atoms with van der Waals surface area (Å²) >= 11 is 0. The third kappa shape index (κ3) is 2.79. The number of pyridine rings is 1. The lowest BCUT2D eigenvalue weighted by atomic mass is 9.97. The molecule has 2 amide bonds. The van der Waals surface area contributed by atoms with Gasteiger partial charge < -0.3 is 14.6 Å². The predicted molar refractivity (Wildman–Crippen MR) is 84.1 cm³/mol. The summed E-state index contributed by atoms with van der Waals surface area (Å²) in [5.74, 6) is 0.859. The van der Waals surface area contributed by atoms with Crippen LogP contribution in [0.5, 0.6) is 0 Å². The monoisotopic (exact) mass is 314 g/mol. The minimum Gasteiger partial charge on any atom is -0.440 e. The van der Waals surface area contributed by atoms with Gasteiger partial charge in [0, 0.05) is 42.8 Å². The number of amides is 2. The van der Waals surface area contributed by atoms with Crippen LogP contribution in [0.25, 0.3) is 11.0 Å². The topological polar surface area (TPSA) is 87.5 Å². The number of aromatic nitrogens is 1. The number of hydrogen-bond donors (Lipinski definition) is 2. The summed E-state index contributed by atoms with van der Waals surface area (Å²) in [6.45, 7) is 3.22. The fraction of sp³-hybridized carbons (Fsp3) is 0.438. The molecule has 4 rings (SSSR count). The molecule has 7 nitrogen and oxygen atoms in total. The number of anilines is 1. The predicted octanol–water partition coefficient (Wildman–Crippen LogP) is 1.22. The molecule has 7 heteroatoms. The second-order valence-corrected chi connectivity index (χ2v) is 6.30. The molecule has 120 valence electrons. The van der Waals surface area contributed by atoms with Gasteiger partial charge in [-0.1, -0.05) is 0 Å². The fourth-order valence-electron chi connectivity index (χ4n) is 3.61. The highest BCUT2D eigenvalue weighted by atomic mass is 16.4. The maximum atomic E-state index is 12.4. The highest BCUT2D eigenvalue weighted by molar-refractivity contribution is 5.96. The van der Waals surface area contributed by atoms with Crippen molar-refractivity contribution in [3.8, 4) is 0 Å². The molecule has 2 fully saturated rings. The Labute approximate surface area is 133 Å². The Morgan fingerprint density at radius 3 is 3.13 bits per heavy atom. The van der Waals surface area contributed by atoms with Gasteiger partial charge in [0.05, 0.1) is 0 Å². The van der Waals surface area contributed by atoms with E-state index in [-0.39, 0.29) is 11.9 Å². The zero-order valence-corrected chi connectivity index (χ0v) is 12.6. The first-order valence-corrected chi connectivity index (χ1v) is 7.84. The van der Waals surface area contributed by atoms with E-state index in [4.69, 9.17) is 4.42 Å². The molecule has 2 aliphatic heterocycles. The Bertz CT molecular complexity index is 745. The number of rotatable bonds is 4. The van der Waals surface area contributed by atoms with Crippen molar-refractivity contribution in [2.75, 3.05) is 25.0 Å². The lowest BCUT2D eigenvalue weighted by Gasteiger charge is -2.30. The van der Waals surface area contributed by atoms with Gasteiger partial charge in [-0.15, -0.1) is 0 Å². The molecule has 0 aromatic carbocycles. The molecule has 0 spiro atoms. The molecule has 2 aliphatic rings. The van der Waals surface area contributed by atoms with Crippen molar-refractivity contribution >= 4 is 29.2 Å². The molecule has 1 unspecified atom stereocenters. The summed E-state index contributed by atoms with van der Waals surface area (Å²) in [4.78, 5) is 29.5. The third-order valence-electron chi connectivity index (χ3n) is 4.64. The minimum atomic E-state index is -0.180. The van der Waals surface area contributed by atoms with Crippen molar-refractivity contribution < 1.29 is 14.0 Å². The van der Waals surface area contributed by atoms with Crippen LogP contribution in [0.4, 0.5) is 5.88 Å². The van der Waals surface area contributed by atoms with E-state index in [9.17, 15) is 9.59 Å². The quantitative estimate of drug-likeness (QED) is 0.829. The largest absolute Gasteiger partial charge is 0.440 e. The molecule has 2 aromatic heterocycles. The van der Waals surface area contributed by atoms with Crippen LogP contribution in [-0.4, -0.2) is 47.9 Å². The van der Waals surface area contributed by atoms with Crippen molar-refractivity contribution in [2.45, 2.75) is 18.9 Å². The molecule has 0 aliphatic carbocycles. The molecular weight excluding hydrogens is 296 g/mol. The Morgan fingerprint density at radius 1 is 1.39 bits per heavy atom. The Balaban J connectivity index is 1.49. The first kappa shape index (κ1) is 14.2. The Hall–Kier alpha value is -2.41. The van der Waals surface area contributed by atoms with Crippen LogP contribution in [0.15, 0.2) is 22.7 Å². The maximum Gasteiger partial charge on any atom is 0.270 e. The van der Waals surface area contributed by atoms with Crippen molar-refractivity contribution in [1.29, 1.82) is 0 Å². The van der Waals surface area contributed by atoms with E-state index in [0.29, 0.717) is 29.5 Å². The number of fused-ring (bicyclic) bond motifs is 3. The van der Waals surface area contributed by atoms with Crippen LogP contribution in [0.2, 0.25) is 0 Å². The van der Waals surface area contributed by atoms with Crippen molar-refractivity contribution in [1.82, 2.24) is 15.2 Å². The SMILES string of the molecule is O=CNc1cc2cnc(C(=O)N[C@@H]3C[C@H]4CCN(C4)C3)cc2o1. The van der Waals surface area contributed by atoms with Gasteiger partial charge in [-0.3, -0.25) is 19.9 Å². The van der Waals surface area contributed by atoms with E-state index in [1.54, 1.807) is 18.3 Å². The summed E-state index contributed by atoms with van der Waals surface area (Å²) in [5.41, 5.74) is 0.861. The molecule has 2 bridgehead atoms. The molecule has 2 N–H and O–H groups in total. The summed E-state index contributed by atoms with van der Waals surface area (Å²) in [7, 11) is 0. The number of carbonyl (C=O) groups excluding carboxylic acids is 2. The van der Waals surface area contributed by atoms with Crippen molar-refractivity contribution in [3.05, 3.63) is 24.0 Å². The van der Waals surface area contributed by atoms with Crippen LogP contribution in [0.1, 0.15) is 23.3 Å². The highest BCUT2D eigenvalue weighted by Crippen LogP contribution is 2.27. The van der Waals surface area contributed by atoms with Crippen LogP contribution in [0.3, 0.4) is 0 Å². The van der Waals surface area contributed by atoms with E-state index in [2.05, 4.69) is 20.5 Å². The van der Waals surface area contributed by atoms with E-state index in [1.165, 1.54) is 6.42 Å². The second kappa shape index (κ2) is 5.66. The van der Waals surface area contributed by atoms with Crippen LogP contribution in [-0.2, 0) is 4.79 Å². The summed E-state index contributed by atoms with van der Waals surface area (Å²) < 4.78 is 5.46. The fourth-order valence-corrected chi connectivity index (χ4v) is 3.61. The number of furan rings is 1. The maximum absolute atomic E-state index is 12.4. The summed E-state index contributed by atoms with van der Waals surface area (Å²) in [6, 6.07) is 3.47. The van der Waals surface area contributed by atoms with Crippen molar-refractivity contribution in [3.63, 3.8) is 0 Å². The van der Waals surface area contributed by atoms with E-state index >= 15 is 0 Å². The molecule has 0 radical (unpaired) electrons. The molecular formula is C16H18N4O3. The number of hydrogen-bond acceptors (Lipinski definition) is 5. The molecule has 3 atom stereocenters. The zero-order chi connectivity index (χ0) is 15.8. The zero-order valence-electron chi connectivity index (χ0n) is 12.6. The third-order valence-corrected chi connectivity index (χ3v) is 4.64. The molecule has 2 aromatic rings. The minimum absolute atomic E-state index is 0.180. The lowest BCUT2D eigenvalue weighted by molar-refractivity contribution is -0.105. The average Bonchev–Trinajstić information content (AvgIpc) is 3.09. The van der Waals surface area contributed by atoms with Gasteiger partial charge in [-0.05, 0) is 25.3 Å². The van der Waals surface area contributed by atoms with Crippen molar-refractivity contribution in [2.24, 2.45) is 5.92 Å². The van der Waals surface area contributed by atoms with Gasteiger partial charge in [-0.25, -0.2) is 0 Å². The Morgan fingerprint density at radius 2 is 2.30 bits per heavy atom. The van der Waals surface area contributed by atoms with Gasteiger partial charge in [-0.2, -0.15) is 0 Å². The average molecular weight is 314 g/mol. The molecule has 23 heavy (non-hydrogen) atoms. The molecule has 4 heterocycles. The van der Waals surface area contributed by atoms with Gasteiger partial charge in [0.25, 0.3) is 5.91 Å². The van der Waals surface area contributed by atoms with E-state index in [1.807, 2.05) is 0 Å². The number of nitrogens with zero attached hydrogens (tertiary/aromatic N) is 2. The van der Waals surface area contributed by atoms with Gasteiger partial charge in [0.2, 0.25) is 12.3 Å². The first-order valence-electron chi connectivity index (χ1n) is 7.84. The van der Waals surface area contributed by atoms with E-state index in [0.717, 1.165) is 31.4 Å². The first-order chi connectivity index (χ1) is 11.2. The van der Waals surface area contributed by atoms with Crippen LogP contribution < -0.4 is 10.6 Å². The lowest BCUT2D eigenvalue weighted by Crippen LogP contribution is -2.47. The summed E-state index contributed by atoms with van der Waals surface area (Å²) in [6.07, 6.45) is 4.40.